The summed E-state index contributed by atoms with van der Waals surface area (Å²) in [6.07, 6.45) is 7.56. The highest BCUT2D eigenvalue weighted by atomic mass is 16.4. The van der Waals surface area contributed by atoms with E-state index in [0.29, 0.717) is 12.5 Å². The zero-order valence-electron chi connectivity index (χ0n) is 12.9. The molecule has 0 spiro atoms. The summed E-state index contributed by atoms with van der Waals surface area (Å²) in [6, 6.07) is -0.149. The molecule has 2 fully saturated rings. The summed E-state index contributed by atoms with van der Waals surface area (Å²) >= 11 is 0. The summed E-state index contributed by atoms with van der Waals surface area (Å²) in [6.45, 7) is 3.49. The minimum atomic E-state index is -0.726. The third kappa shape index (κ3) is 4.90. The quantitative estimate of drug-likeness (QED) is 0.729. The number of nitrogens with one attached hydrogen (secondary N) is 2. The maximum atomic E-state index is 11.8. The van der Waals surface area contributed by atoms with Gasteiger partial charge in [-0.3, -0.25) is 4.79 Å². The number of hydrogen-bond acceptors (Lipinski definition) is 2. The maximum absolute atomic E-state index is 11.8. The van der Waals surface area contributed by atoms with Gasteiger partial charge in [-0.2, -0.15) is 0 Å². The summed E-state index contributed by atoms with van der Waals surface area (Å²) in [5, 5.41) is 14.9. The summed E-state index contributed by atoms with van der Waals surface area (Å²) in [4.78, 5) is 22.9. The van der Waals surface area contributed by atoms with E-state index < -0.39 is 5.97 Å². The number of carbonyl (C=O) groups is 2. The number of amides is 2. The fourth-order valence-electron chi connectivity index (χ4n) is 3.87. The van der Waals surface area contributed by atoms with E-state index in [4.69, 9.17) is 5.11 Å². The van der Waals surface area contributed by atoms with E-state index in [9.17, 15) is 9.59 Å². The van der Waals surface area contributed by atoms with Crippen LogP contribution < -0.4 is 10.6 Å². The van der Waals surface area contributed by atoms with Crippen molar-refractivity contribution in [1.82, 2.24) is 10.6 Å². The van der Waals surface area contributed by atoms with Crippen molar-refractivity contribution in [3.8, 4) is 0 Å². The van der Waals surface area contributed by atoms with Crippen LogP contribution in [0.3, 0.4) is 0 Å². The first kappa shape index (κ1) is 16.1. The Morgan fingerprint density at radius 3 is 2.48 bits per heavy atom. The Hall–Kier alpha value is -1.26. The van der Waals surface area contributed by atoms with Crippen LogP contribution in [0.5, 0.6) is 0 Å². The van der Waals surface area contributed by atoms with Crippen molar-refractivity contribution in [2.75, 3.05) is 13.1 Å². The molecule has 2 amide bonds. The monoisotopic (exact) mass is 296 g/mol. The molecule has 0 aromatic carbocycles. The number of carboxylic acids is 1. The second-order valence-electron chi connectivity index (χ2n) is 6.86. The van der Waals surface area contributed by atoms with Crippen LogP contribution in [-0.4, -0.2) is 30.2 Å². The standard InChI is InChI=1S/C16H28N2O3/c1-11-4-2-5-12(8-11)9-17-16(21)18-10-13-6-3-7-14(13)15(19)20/h11-14H,2-10H2,1H3,(H,19,20)(H2,17,18,21). The largest absolute Gasteiger partial charge is 0.481 e. The van der Waals surface area contributed by atoms with E-state index in [-0.39, 0.29) is 17.9 Å². The van der Waals surface area contributed by atoms with Crippen molar-refractivity contribution < 1.29 is 14.7 Å². The van der Waals surface area contributed by atoms with E-state index in [0.717, 1.165) is 31.7 Å². The summed E-state index contributed by atoms with van der Waals surface area (Å²) in [5.41, 5.74) is 0. The van der Waals surface area contributed by atoms with Gasteiger partial charge < -0.3 is 15.7 Å². The smallest absolute Gasteiger partial charge is 0.314 e. The Morgan fingerprint density at radius 2 is 1.76 bits per heavy atom. The van der Waals surface area contributed by atoms with E-state index in [1.54, 1.807) is 0 Å². The minimum absolute atomic E-state index is 0.0861. The molecule has 0 radical (unpaired) electrons. The van der Waals surface area contributed by atoms with Gasteiger partial charge in [0.25, 0.3) is 0 Å². The average molecular weight is 296 g/mol. The van der Waals surface area contributed by atoms with Gasteiger partial charge >= 0.3 is 12.0 Å². The van der Waals surface area contributed by atoms with Gasteiger partial charge in [0.1, 0.15) is 0 Å². The highest BCUT2D eigenvalue weighted by Gasteiger charge is 2.32. The van der Waals surface area contributed by atoms with Gasteiger partial charge in [0.2, 0.25) is 0 Å². The Labute approximate surface area is 126 Å². The van der Waals surface area contributed by atoms with Crippen LogP contribution >= 0.6 is 0 Å². The van der Waals surface area contributed by atoms with E-state index in [1.165, 1.54) is 25.7 Å². The number of carboxylic acid groups (broad SMARTS) is 1. The predicted molar refractivity (Wildman–Crippen MR) is 81.0 cm³/mol. The molecule has 4 unspecified atom stereocenters. The number of rotatable bonds is 5. The molecule has 0 aromatic heterocycles. The third-order valence-electron chi connectivity index (χ3n) is 5.10. The molecular weight excluding hydrogens is 268 g/mol. The first-order valence-corrected chi connectivity index (χ1v) is 8.30. The topological polar surface area (TPSA) is 78.4 Å². The van der Waals surface area contributed by atoms with E-state index in [2.05, 4.69) is 17.6 Å². The van der Waals surface area contributed by atoms with Gasteiger partial charge in [0.05, 0.1) is 5.92 Å². The molecule has 2 aliphatic carbocycles. The Bertz CT molecular complexity index is 373. The normalized spacial score (nSPS) is 32.6. The molecule has 0 saturated heterocycles. The van der Waals surface area contributed by atoms with Gasteiger partial charge in [0, 0.05) is 13.1 Å². The number of urea groups is 1. The highest BCUT2D eigenvalue weighted by molar-refractivity contribution is 5.74. The summed E-state index contributed by atoms with van der Waals surface area (Å²) in [7, 11) is 0. The fraction of sp³-hybridized carbons (Fsp3) is 0.875. The lowest BCUT2D eigenvalue weighted by molar-refractivity contribution is -0.142. The zero-order valence-corrected chi connectivity index (χ0v) is 12.9. The van der Waals surface area contributed by atoms with Crippen LogP contribution in [-0.2, 0) is 4.79 Å². The molecular formula is C16H28N2O3. The van der Waals surface area contributed by atoms with Gasteiger partial charge in [-0.25, -0.2) is 4.79 Å². The third-order valence-corrected chi connectivity index (χ3v) is 5.10. The molecule has 4 atom stereocenters. The van der Waals surface area contributed by atoms with E-state index >= 15 is 0 Å². The van der Waals surface area contributed by atoms with Crippen LogP contribution in [0, 0.1) is 23.7 Å². The molecule has 5 heteroatoms. The molecule has 2 saturated carbocycles. The lowest BCUT2D eigenvalue weighted by Crippen LogP contribution is -2.42. The first-order valence-electron chi connectivity index (χ1n) is 8.30. The van der Waals surface area contributed by atoms with Crippen LogP contribution in [0.25, 0.3) is 0 Å². The van der Waals surface area contributed by atoms with E-state index in [1.807, 2.05) is 0 Å². The van der Waals surface area contributed by atoms with Crippen LogP contribution in [0.15, 0.2) is 0 Å². The Balaban J connectivity index is 1.64. The van der Waals surface area contributed by atoms with Crippen LogP contribution in [0.2, 0.25) is 0 Å². The molecule has 0 aromatic rings. The van der Waals surface area contributed by atoms with Crippen LogP contribution in [0.4, 0.5) is 4.79 Å². The van der Waals surface area contributed by atoms with Gasteiger partial charge in [-0.05, 0) is 43.4 Å². The minimum Gasteiger partial charge on any atom is -0.481 e. The average Bonchev–Trinajstić information content (AvgIpc) is 2.91. The molecule has 0 heterocycles. The highest BCUT2D eigenvalue weighted by Crippen LogP contribution is 2.31. The van der Waals surface area contributed by atoms with Crippen molar-refractivity contribution in [2.24, 2.45) is 23.7 Å². The number of carbonyl (C=O) groups excluding carboxylic acids is 1. The number of aliphatic carboxylic acids is 1. The molecule has 3 N–H and O–H groups in total. The van der Waals surface area contributed by atoms with Gasteiger partial charge in [-0.1, -0.05) is 26.2 Å². The van der Waals surface area contributed by atoms with Crippen molar-refractivity contribution >= 4 is 12.0 Å². The Morgan fingerprint density at radius 1 is 1.05 bits per heavy atom. The zero-order chi connectivity index (χ0) is 15.2. The second kappa shape index (κ2) is 7.66. The molecule has 0 aliphatic heterocycles. The van der Waals surface area contributed by atoms with Crippen molar-refractivity contribution in [3.63, 3.8) is 0 Å². The number of hydrogen-bond donors (Lipinski definition) is 3. The van der Waals surface area contributed by atoms with Gasteiger partial charge in [0.15, 0.2) is 0 Å². The maximum Gasteiger partial charge on any atom is 0.314 e. The van der Waals surface area contributed by atoms with Crippen molar-refractivity contribution in [1.29, 1.82) is 0 Å². The lowest BCUT2D eigenvalue weighted by atomic mass is 9.82. The second-order valence-corrected chi connectivity index (χ2v) is 6.86. The molecule has 21 heavy (non-hydrogen) atoms. The Kier molecular flexibility index (Phi) is 5.88. The summed E-state index contributed by atoms with van der Waals surface area (Å²) < 4.78 is 0. The lowest BCUT2D eigenvalue weighted by Gasteiger charge is -2.27. The summed E-state index contributed by atoms with van der Waals surface area (Å²) in [5.74, 6) is 0.435. The molecule has 2 rings (SSSR count). The molecule has 0 bridgehead atoms. The SMILES string of the molecule is CC1CCCC(CNC(=O)NCC2CCCC2C(=O)O)C1. The molecule has 5 nitrogen and oxygen atoms in total. The van der Waals surface area contributed by atoms with Crippen molar-refractivity contribution in [3.05, 3.63) is 0 Å². The van der Waals surface area contributed by atoms with Gasteiger partial charge in [-0.15, -0.1) is 0 Å². The molecule has 2 aliphatic rings. The fourth-order valence-corrected chi connectivity index (χ4v) is 3.87. The molecule has 120 valence electrons. The van der Waals surface area contributed by atoms with Crippen LogP contribution in [0.1, 0.15) is 51.9 Å². The first-order chi connectivity index (χ1) is 10.1. The predicted octanol–water partition coefficient (Wildman–Crippen LogP) is 2.61. The van der Waals surface area contributed by atoms with Crippen molar-refractivity contribution in [2.45, 2.75) is 51.9 Å².